The fraction of sp³-hybridized carbons (Fsp3) is 0.0952. The van der Waals surface area contributed by atoms with Gasteiger partial charge in [-0.05, 0) is 42.0 Å². The summed E-state index contributed by atoms with van der Waals surface area (Å²) in [6.45, 7) is -0.566. The molecule has 1 amide bonds. The zero-order valence-corrected chi connectivity index (χ0v) is 16.2. The van der Waals surface area contributed by atoms with E-state index >= 15 is 0 Å². The Kier molecular flexibility index (Phi) is 6.43. The third-order valence-electron chi connectivity index (χ3n) is 3.86. The van der Waals surface area contributed by atoms with E-state index in [1.54, 1.807) is 42.5 Å². The van der Waals surface area contributed by atoms with E-state index in [2.05, 4.69) is 0 Å². The molecule has 140 valence electrons. The molecule has 0 aliphatic heterocycles. The summed E-state index contributed by atoms with van der Waals surface area (Å²) in [6, 6.07) is 21.5. The van der Waals surface area contributed by atoms with Crippen molar-refractivity contribution < 1.29 is 14.3 Å². The van der Waals surface area contributed by atoms with E-state index in [9.17, 15) is 9.59 Å². The second kappa shape index (κ2) is 9.18. The van der Waals surface area contributed by atoms with Gasteiger partial charge in [0, 0.05) is 15.6 Å². The molecule has 0 spiro atoms. The zero-order chi connectivity index (χ0) is 19.9. The number of carbonyl (C=O) groups excluding carboxylic acids is 2. The van der Waals surface area contributed by atoms with Crippen LogP contribution in [0.5, 0.6) is 0 Å². The number of hydrogen-bond donors (Lipinski definition) is 0. The molecule has 0 atom stereocenters. The van der Waals surface area contributed by atoms with Gasteiger partial charge in [0.05, 0.1) is 6.07 Å². The molecule has 0 radical (unpaired) electrons. The molecule has 0 bridgehead atoms. The van der Waals surface area contributed by atoms with Gasteiger partial charge in [-0.1, -0.05) is 41.9 Å². The SMILES string of the molecule is N#CCN(C(=O)COC(=O)c1ccc(-c2ccc(Cl)cc2)s1)c1ccccc1. The Balaban J connectivity index is 1.64. The van der Waals surface area contributed by atoms with E-state index in [0.29, 0.717) is 15.6 Å². The lowest BCUT2D eigenvalue weighted by atomic mass is 10.2. The molecule has 3 rings (SSSR count). The number of ether oxygens (including phenoxy) is 1. The molecule has 1 aromatic heterocycles. The number of esters is 1. The van der Waals surface area contributed by atoms with Crippen LogP contribution in [-0.4, -0.2) is 25.0 Å². The highest BCUT2D eigenvalue weighted by Gasteiger charge is 2.19. The van der Waals surface area contributed by atoms with Gasteiger partial charge in [-0.25, -0.2) is 4.79 Å². The second-order valence-electron chi connectivity index (χ2n) is 5.72. The molecule has 7 heteroatoms. The summed E-state index contributed by atoms with van der Waals surface area (Å²) in [5.41, 5.74) is 1.51. The lowest BCUT2D eigenvalue weighted by Gasteiger charge is -2.19. The van der Waals surface area contributed by atoms with Crippen LogP contribution in [0.4, 0.5) is 5.69 Å². The molecule has 5 nitrogen and oxygen atoms in total. The summed E-state index contributed by atoms with van der Waals surface area (Å²) in [7, 11) is 0. The van der Waals surface area contributed by atoms with Crippen molar-refractivity contribution >= 4 is 40.5 Å². The molecule has 0 aliphatic carbocycles. The van der Waals surface area contributed by atoms with Crippen LogP contribution >= 0.6 is 22.9 Å². The van der Waals surface area contributed by atoms with Crippen LogP contribution < -0.4 is 4.90 Å². The van der Waals surface area contributed by atoms with Crippen molar-refractivity contribution in [3.8, 4) is 16.5 Å². The van der Waals surface area contributed by atoms with Gasteiger partial charge in [0.1, 0.15) is 11.4 Å². The standard InChI is InChI=1S/C21H15ClN2O3S/c22-16-8-6-15(7-9-16)18-10-11-19(28-18)21(26)27-14-20(25)24(13-12-23)17-4-2-1-3-5-17/h1-11H,13-14H2. The fourth-order valence-corrected chi connectivity index (χ4v) is 3.53. The highest BCUT2D eigenvalue weighted by molar-refractivity contribution is 7.17. The van der Waals surface area contributed by atoms with Gasteiger partial charge in [-0.15, -0.1) is 11.3 Å². The normalized spacial score (nSPS) is 10.1. The van der Waals surface area contributed by atoms with Gasteiger partial charge >= 0.3 is 5.97 Å². The van der Waals surface area contributed by atoms with Gasteiger partial charge < -0.3 is 4.74 Å². The van der Waals surface area contributed by atoms with Crippen molar-refractivity contribution in [2.45, 2.75) is 0 Å². The Morgan fingerprint density at radius 2 is 1.75 bits per heavy atom. The molecule has 0 aliphatic rings. The van der Waals surface area contributed by atoms with E-state index < -0.39 is 18.5 Å². The Morgan fingerprint density at radius 1 is 1.04 bits per heavy atom. The van der Waals surface area contributed by atoms with Crippen LogP contribution in [0.3, 0.4) is 0 Å². The number of carbonyl (C=O) groups is 2. The molecular formula is C21H15ClN2O3S. The first-order valence-electron chi connectivity index (χ1n) is 8.34. The van der Waals surface area contributed by atoms with Crippen molar-refractivity contribution in [2.75, 3.05) is 18.1 Å². The Labute approximate surface area is 171 Å². The highest BCUT2D eigenvalue weighted by Crippen LogP contribution is 2.29. The number of nitriles is 1. The smallest absolute Gasteiger partial charge is 0.348 e. The maximum Gasteiger partial charge on any atom is 0.348 e. The maximum absolute atomic E-state index is 12.4. The van der Waals surface area contributed by atoms with Crippen LogP contribution in [0.25, 0.3) is 10.4 Å². The van der Waals surface area contributed by atoms with Gasteiger partial charge in [0.25, 0.3) is 5.91 Å². The lowest BCUT2D eigenvalue weighted by Crippen LogP contribution is -2.35. The van der Waals surface area contributed by atoms with Crippen LogP contribution in [0.2, 0.25) is 5.02 Å². The first-order chi connectivity index (χ1) is 13.6. The minimum Gasteiger partial charge on any atom is -0.451 e. The molecule has 28 heavy (non-hydrogen) atoms. The van der Waals surface area contributed by atoms with Crippen molar-refractivity contribution in [3.63, 3.8) is 0 Å². The van der Waals surface area contributed by atoms with E-state index in [1.165, 1.54) is 16.2 Å². The van der Waals surface area contributed by atoms with Crippen LogP contribution in [-0.2, 0) is 9.53 Å². The molecule has 2 aromatic carbocycles. The number of halogens is 1. The number of nitrogens with zero attached hydrogens (tertiary/aromatic N) is 2. The minimum absolute atomic E-state index is 0.125. The first kappa shape index (κ1) is 19.6. The summed E-state index contributed by atoms with van der Waals surface area (Å²) in [4.78, 5) is 27.3. The number of thiophene rings is 1. The fourth-order valence-electron chi connectivity index (χ4n) is 2.50. The quantitative estimate of drug-likeness (QED) is 0.433. The number of benzene rings is 2. The molecular weight excluding hydrogens is 396 g/mol. The topological polar surface area (TPSA) is 70.4 Å². The van der Waals surface area contributed by atoms with Crippen LogP contribution in [0.1, 0.15) is 9.67 Å². The number of hydrogen-bond acceptors (Lipinski definition) is 5. The average molecular weight is 411 g/mol. The van der Waals surface area contributed by atoms with E-state index in [0.717, 1.165) is 10.4 Å². The third-order valence-corrected chi connectivity index (χ3v) is 5.23. The molecule has 0 fully saturated rings. The minimum atomic E-state index is -0.580. The molecule has 0 saturated carbocycles. The number of rotatable bonds is 6. The van der Waals surface area contributed by atoms with Crippen LogP contribution in [0.15, 0.2) is 66.7 Å². The summed E-state index contributed by atoms with van der Waals surface area (Å²) in [5.74, 6) is -1.04. The Bertz CT molecular complexity index is 1010. The van der Waals surface area contributed by atoms with E-state index in [4.69, 9.17) is 21.6 Å². The van der Waals surface area contributed by atoms with E-state index in [-0.39, 0.29) is 6.54 Å². The highest BCUT2D eigenvalue weighted by atomic mass is 35.5. The van der Waals surface area contributed by atoms with Gasteiger partial charge in [-0.2, -0.15) is 5.26 Å². The summed E-state index contributed by atoms with van der Waals surface area (Å²) < 4.78 is 5.16. The zero-order valence-electron chi connectivity index (χ0n) is 14.7. The molecule has 1 heterocycles. The van der Waals surface area contributed by atoms with Crippen LogP contribution in [0, 0.1) is 11.3 Å². The average Bonchev–Trinajstić information content (AvgIpc) is 3.21. The molecule has 0 N–H and O–H groups in total. The maximum atomic E-state index is 12.4. The van der Waals surface area contributed by atoms with Crippen molar-refractivity contribution in [1.29, 1.82) is 5.26 Å². The van der Waals surface area contributed by atoms with Gasteiger partial charge in [0.2, 0.25) is 0 Å². The lowest BCUT2D eigenvalue weighted by molar-refractivity contribution is -0.121. The number of para-hydroxylation sites is 1. The summed E-state index contributed by atoms with van der Waals surface area (Å²) in [5, 5.41) is 9.61. The first-order valence-corrected chi connectivity index (χ1v) is 9.53. The molecule has 3 aromatic rings. The van der Waals surface area contributed by atoms with Gasteiger partial charge in [0.15, 0.2) is 6.61 Å². The monoisotopic (exact) mass is 410 g/mol. The van der Waals surface area contributed by atoms with Crippen molar-refractivity contribution in [3.05, 3.63) is 76.6 Å². The predicted molar refractivity (Wildman–Crippen MR) is 109 cm³/mol. The second-order valence-corrected chi connectivity index (χ2v) is 7.24. The van der Waals surface area contributed by atoms with Crippen molar-refractivity contribution in [2.24, 2.45) is 0 Å². The Morgan fingerprint density at radius 3 is 2.43 bits per heavy atom. The third kappa shape index (κ3) is 4.77. The predicted octanol–water partition coefficient (Wildman–Crippen LogP) is 4.78. The van der Waals surface area contributed by atoms with E-state index in [1.807, 2.05) is 30.3 Å². The Hall–Kier alpha value is -3.14. The summed E-state index contributed by atoms with van der Waals surface area (Å²) in [6.07, 6.45) is 0. The van der Waals surface area contributed by atoms with Gasteiger partial charge in [-0.3, -0.25) is 9.69 Å². The number of anilines is 1. The number of amides is 1. The molecule has 0 saturated heterocycles. The van der Waals surface area contributed by atoms with Crippen molar-refractivity contribution in [1.82, 2.24) is 0 Å². The molecule has 0 unspecified atom stereocenters. The summed E-state index contributed by atoms with van der Waals surface area (Å²) >= 11 is 7.16. The largest absolute Gasteiger partial charge is 0.451 e.